The Balaban J connectivity index is 1.52. The fraction of sp³-hybridized carbons (Fsp3) is 0.143. The molecular weight excluding hydrogens is 352 g/mol. The summed E-state index contributed by atoms with van der Waals surface area (Å²) in [7, 11) is 0. The van der Waals surface area contributed by atoms with Crippen LogP contribution in [0.25, 0.3) is 21.9 Å². The van der Waals surface area contributed by atoms with Gasteiger partial charge in [-0.3, -0.25) is 0 Å². The first-order chi connectivity index (χ1) is 14.2. The van der Waals surface area contributed by atoms with Crippen molar-refractivity contribution in [3.05, 3.63) is 102 Å². The first kappa shape index (κ1) is 18.8. The molecule has 142 valence electrons. The van der Waals surface area contributed by atoms with Gasteiger partial charge in [-0.15, -0.1) is 0 Å². The quantitative estimate of drug-likeness (QED) is 0.353. The normalized spacial score (nSPS) is 10.4. The molecule has 0 aliphatic rings. The standard InChI is InChI=1S/C28H24O/c1-3-21-7-12-24(13-8-21)25-14-9-22(10-15-25)5-6-23-11-16-27-20-28(29-4-2)18-17-26(27)19-23/h7-20H,3-4H2,1-2H3. The summed E-state index contributed by atoms with van der Waals surface area (Å²) in [4.78, 5) is 0. The molecule has 4 rings (SSSR count). The second kappa shape index (κ2) is 8.67. The number of fused-ring (bicyclic) bond motifs is 1. The molecule has 0 bridgehead atoms. The van der Waals surface area contributed by atoms with E-state index in [4.69, 9.17) is 4.74 Å². The molecule has 0 aliphatic carbocycles. The summed E-state index contributed by atoms with van der Waals surface area (Å²) in [6.07, 6.45) is 1.07. The van der Waals surface area contributed by atoms with Crippen molar-refractivity contribution in [2.45, 2.75) is 20.3 Å². The minimum atomic E-state index is 0.678. The summed E-state index contributed by atoms with van der Waals surface area (Å²) in [6.45, 7) is 4.85. The van der Waals surface area contributed by atoms with Gasteiger partial charge >= 0.3 is 0 Å². The van der Waals surface area contributed by atoms with Crippen LogP contribution in [0, 0.1) is 11.8 Å². The molecule has 0 saturated carbocycles. The maximum absolute atomic E-state index is 5.57. The Labute approximate surface area is 173 Å². The Kier molecular flexibility index (Phi) is 5.63. The molecule has 29 heavy (non-hydrogen) atoms. The van der Waals surface area contributed by atoms with Crippen LogP contribution in [0.5, 0.6) is 5.75 Å². The van der Waals surface area contributed by atoms with Crippen molar-refractivity contribution in [1.29, 1.82) is 0 Å². The topological polar surface area (TPSA) is 9.23 Å². The molecule has 0 amide bonds. The molecule has 0 unspecified atom stereocenters. The lowest BCUT2D eigenvalue weighted by Crippen LogP contribution is -1.90. The van der Waals surface area contributed by atoms with Crippen molar-refractivity contribution in [1.82, 2.24) is 0 Å². The third-order valence-electron chi connectivity index (χ3n) is 5.05. The van der Waals surface area contributed by atoms with E-state index in [0.717, 1.165) is 23.3 Å². The minimum Gasteiger partial charge on any atom is -0.494 e. The predicted octanol–water partition coefficient (Wildman–Crippen LogP) is 6.87. The van der Waals surface area contributed by atoms with E-state index in [1.807, 2.05) is 13.0 Å². The van der Waals surface area contributed by atoms with Gasteiger partial charge < -0.3 is 4.74 Å². The number of hydrogen-bond donors (Lipinski definition) is 0. The highest BCUT2D eigenvalue weighted by atomic mass is 16.5. The van der Waals surface area contributed by atoms with Crippen LogP contribution in [0.1, 0.15) is 30.5 Å². The second-order valence-electron chi connectivity index (χ2n) is 7.03. The molecule has 4 aromatic rings. The molecular formula is C28H24O. The Morgan fingerprint density at radius 3 is 1.90 bits per heavy atom. The summed E-state index contributed by atoms with van der Waals surface area (Å²) >= 11 is 0. The molecule has 0 aromatic heterocycles. The first-order valence-electron chi connectivity index (χ1n) is 10.1. The second-order valence-corrected chi connectivity index (χ2v) is 7.03. The maximum atomic E-state index is 5.57. The molecule has 4 aromatic carbocycles. The van der Waals surface area contributed by atoms with Crippen molar-refractivity contribution < 1.29 is 4.74 Å². The van der Waals surface area contributed by atoms with Gasteiger partial charge in [0.2, 0.25) is 0 Å². The number of aryl methyl sites for hydroxylation is 1. The molecule has 0 heterocycles. The number of benzene rings is 4. The largest absolute Gasteiger partial charge is 0.494 e. The van der Waals surface area contributed by atoms with Crippen LogP contribution in [-0.2, 0) is 6.42 Å². The van der Waals surface area contributed by atoms with E-state index in [1.165, 1.54) is 27.5 Å². The molecule has 0 N–H and O–H groups in total. The summed E-state index contributed by atoms with van der Waals surface area (Å²) in [5, 5.41) is 2.34. The summed E-state index contributed by atoms with van der Waals surface area (Å²) < 4.78 is 5.57. The van der Waals surface area contributed by atoms with Gasteiger partial charge in [0, 0.05) is 11.1 Å². The van der Waals surface area contributed by atoms with Crippen molar-refractivity contribution >= 4 is 10.8 Å². The van der Waals surface area contributed by atoms with Crippen LogP contribution in [0.2, 0.25) is 0 Å². The van der Waals surface area contributed by atoms with Crippen molar-refractivity contribution in [3.8, 4) is 28.7 Å². The zero-order valence-electron chi connectivity index (χ0n) is 16.9. The summed E-state index contributed by atoms with van der Waals surface area (Å²) in [5.74, 6) is 7.47. The van der Waals surface area contributed by atoms with Crippen molar-refractivity contribution in [2.24, 2.45) is 0 Å². The molecule has 0 atom stereocenters. The van der Waals surface area contributed by atoms with Crippen molar-refractivity contribution in [2.75, 3.05) is 6.61 Å². The molecule has 0 aliphatic heterocycles. The van der Waals surface area contributed by atoms with E-state index in [-0.39, 0.29) is 0 Å². The van der Waals surface area contributed by atoms with Gasteiger partial charge in [0.15, 0.2) is 0 Å². The number of hydrogen-bond acceptors (Lipinski definition) is 1. The van der Waals surface area contributed by atoms with E-state index < -0.39 is 0 Å². The summed E-state index contributed by atoms with van der Waals surface area (Å²) in [6, 6.07) is 29.7. The van der Waals surface area contributed by atoms with E-state index in [9.17, 15) is 0 Å². The zero-order chi connectivity index (χ0) is 20.1. The fourth-order valence-corrected chi connectivity index (χ4v) is 3.38. The SMILES string of the molecule is CCOc1ccc2cc(C#Cc3ccc(-c4ccc(CC)cc4)cc3)ccc2c1. The smallest absolute Gasteiger partial charge is 0.119 e. The molecule has 1 heteroatoms. The zero-order valence-corrected chi connectivity index (χ0v) is 16.9. The lowest BCUT2D eigenvalue weighted by Gasteiger charge is -2.05. The average molecular weight is 376 g/mol. The van der Waals surface area contributed by atoms with Gasteiger partial charge in [-0.05, 0) is 77.2 Å². The highest BCUT2D eigenvalue weighted by molar-refractivity contribution is 5.85. The fourth-order valence-electron chi connectivity index (χ4n) is 3.38. The molecule has 0 fully saturated rings. The van der Waals surface area contributed by atoms with Gasteiger partial charge in [-0.1, -0.05) is 67.3 Å². The van der Waals surface area contributed by atoms with Crippen LogP contribution in [-0.4, -0.2) is 6.61 Å². The van der Waals surface area contributed by atoms with E-state index in [2.05, 4.69) is 97.6 Å². The highest BCUT2D eigenvalue weighted by Crippen LogP contribution is 2.23. The average Bonchev–Trinajstić information content (AvgIpc) is 2.78. The van der Waals surface area contributed by atoms with Gasteiger partial charge in [-0.25, -0.2) is 0 Å². The van der Waals surface area contributed by atoms with Crippen molar-refractivity contribution in [3.63, 3.8) is 0 Å². The predicted molar refractivity (Wildman–Crippen MR) is 122 cm³/mol. The number of ether oxygens (including phenoxy) is 1. The summed E-state index contributed by atoms with van der Waals surface area (Å²) in [5.41, 5.74) is 5.85. The van der Waals surface area contributed by atoms with Crippen LogP contribution < -0.4 is 4.74 Å². The van der Waals surface area contributed by atoms with E-state index in [1.54, 1.807) is 0 Å². The highest BCUT2D eigenvalue weighted by Gasteiger charge is 1.99. The van der Waals surface area contributed by atoms with E-state index >= 15 is 0 Å². The van der Waals surface area contributed by atoms with Gasteiger partial charge in [-0.2, -0.15) is 0 Å². The monoisotopic (exact) mass is 376 g/mol. The maximum Gasteiger partial charge on any atom is 0.119 e. The minimum absolute atomic E-state index is 0.678. The van der Waals surface area contributed by atoms with Gasteiger partial charge in [0.25, 0.3) is 0 Å². The van der Waals surface area contributed by atoms with Gasteiger partial charge in [0.05, 0.1) is 6.61 Å². The molecule has 1 nitrogen and oxygen atoms in total. The third-order valence-corrected chi connectivity index (χ3v) is 5.05. The number of rotatable bonds is 4. The lowest BCUT2D eigenvalue weighted by atomic mass is 10.0. The molecule has 0 radical (unpaired) electrons. The molecule has 0 saturated heterocycles. The van der Waals surface area contributed by atoms with Crippen LogP contribution >= 0.6 is 0 Å². The Morgan fingerprint density at radius 1 is 0.621 bits per heavy atom. The third kappa shape index (κ3) is 4.50. The Hall–Kier alpha value is -3.50. The van der Waals surface area contributed by atoms with E-state index in [0.29, 0.717) is 6.61 Å². The van der Waals surface area contributed by atoms with Crippen LogP contribution in [0.3, 0.4) is 0 Å². The first-order valence-corrected chi connectivity index (χ1v) is 10.1. The van der Waals surface area contributed by atoms with Crippen LogP contribution in [0.15, 0.2) is 84.9 Å². The van der Waals surface area contributed by atoms with Gasteiger partial charge in [0.1, 0.15) is 5.75 Å². The molecule has 0 spiro atoms. The Bertz CT molecular complexity index is 1170. The lowest BCUT2D eigenvalue weighted by molar-refractivity contribution is 0.341. The van der Waals surface area contributed by atoms with Crippen LogP contribution in [0.4, 0.5) is 0 Å². The Morgan fingerprint density at radius 2 is 1.21 bits per heavy atom.